The maximum atomic E-state index is 12.5. The first-order chi connectivity index (χ1) is 8.63. The van der Waals surface area contributed by atoms with Crippen LogP contribution in [0.25, 0.3) is 0 Å². The number of phenolic OH excluding ortho intramolecular Hbond substituents is 1. The van der Waals surface area contributed by atoms with Crippen LogP contribution in [0.5, 0.6) is 5.75 Å². The molecular weight excluding hydrogens is 341 g/mol. The first-order valence-corrected chi connectivity index (χ1v) is 7.51. The third-order valence-electron chi connectivity index (χ3n) is 3.55. The summed E-state index contributed by atoms with van der Waals surface area (Å²) in [5.41, 5.74) is 0.433. The Morgan fingerprint density at radius 2 is 2.28 bits per heavy atom. The molecule has 1 aliphatic heterocycles. The molecule has 0 bridgehead atoms. The van der Waals surface area contributed by atoms with E-state index in [2.05, 4.69) is 29.5 Å². The number of halogens is 1. The highest BCUT2D eigenvalue weighted by molar-refractivity contribution is 14.1. The Balaban J connectivity index is 2.26. The summed E-state index contributed by atoms with van der Waals surface area (Å²) in [6.45, 7) is 2.92. The van der Waals surface area contributed by atoms with Crippen LogP contribution in [0.3, 0.4) is 0 Å². The molecule has 1 fully saturated rings. The molecule has 1 heterocycles. The molecule has 1 aliphatic rings. The highest BCUT2D eigenvalue weighted by atomic mass is 127. The van der Waals surface area contributed by atoms with Crippen LogP contribution in [0.2, 0.25) is 0 Å². The summed E-state index contributed by atoms with van der Waals surface area (Å²) < 4.78 is 0.971. The van der Waals surface area contributed by atoms with Crippen molar-refractivity contribution in [1.29, 1.82) is 0 Å². The van der Waals surface area contributed by atoms with Crippen molar-refractivity contribution in [3.05, 3.63) is 27.3 Å². The van der Waals surface area contributed by atoms with E-state index in [1.807, 2.05) is 4.90 Å². The Kier molecular flexibility index (Phi) is 4.48. The van der Waals surface area contributed by atoms with Gasteiger partial charge in [0.2, 0.25) is 0 Å². The monoisotopic (exact) mass is 359 g/mol. The van der Waals surface area contributed by atoms with E-state index in [1.54, 1.807) is 18.2 Å². The number of aromatic hydroxyl groups is 1. The van der Waals surface area contributed by atoms with Crippen LogP contribution in [0, 0.1) is 3.57 Å². The number of rotatable bonds is 2. The fourth-order valence-corrected chi connectivity index (χ4v) is 3.02. The first-order valence-electron chi connectivity index (χ1n) is 6.43. The average Bonchev–Trinajstić information content (AvgIpc) is 2.40. The van der Waals surface area contributed by atoms with E-state index in [0.29, 0.717) is 11.6 Å². The van der Waals surface area contributed by atoms with Crippen molar-refractivity contribution in [1.82, 2.24) is 4.90 Å². The summed E-state index contributed by atoms with van der Waals surface area (Å²) in [5.74, 6) is 0.0541. The van der Waals surface area contributed by atoms with Crippen molar-refractivity contribution in [3.8, 4) is 5.75 Å². The van der Waals surface area contributed by atoms with Gasteiger partial charge in [-0.1, -0.05) is 6.92 Å². The molecule has 1 N–H and O–H groups in total. The summed E-state index contributed by atoms with van der Waals surface area (Å²) in [4.78, 5) is 14.4. The van der Waals surface area contributed by atoms with Crippen LogP contribution in [-0.4, -0.2) is 28.5 Å². The number of likely N-dealkylation sites (tertiary alicyclic amines) is 1. The number of benzene rings is 1. The van der Waals surface area contributed by atoms with Gasteiger partial charge in [-0.15, -0.1) is 0 Å². The largest absolute Gasteiger partial charge is 0.507 e. The van der Waals surface area contributed by atoms with E-state index in [-0.39, 0.29) is 11.7 Å². The average molecular weight is 359 g/mol. The number of nitrogens with zero attached hydrogens (tertiary/aromatic N) is 1. The van der Waals surface area contributed by atoms with Crippen LogP contribution in [0.1, 0.15) is 43.0 Å². The molecule has 4 heteroatoms. The molecule has 0 saturated carbocycles. The molecule has 1 amide bonds. The Bertz CT molecular complexity index is 447. The van der Waals surface area contributed by atoms with Crippen molar-refractivity contribution in [2.75, 3.05) is 6.54 Å². The van der Waals surface area contributed by atoms with Crippen LogP contribution < -0.4 is 0 Å². The van der Waals surface area contributed by atoms with Gasteiger partial charge in [0.05, 0.1) is 5.56 Å². The van der Waals surface area contributed by atoms with Gasteiger partial charge in [-0.2, -0.15) is 0 Å². The van der Waals surface area contributed by atoms with E-state index in [0.717, 1.165) is 29.4 Å². The van der Waals surface area contributed by atoms with Gasteiger partial charge in [-0.05, 0) is 66.5 Å². The van der Waals surface area contributed by atoms with E-state index in [9.17, 15) is 9.90 Å². The minimum absolute atomic E-state index is 0.0300. The zero-order valence-corrected chi connectivity index (χ0v) is 12.7. The lowest BCUT2D eigenvalue weighted by molar-refractivity contribution is 0.0605. The molecule has 0 radical (unpaired) electrons. The molecule has 0 aromatic heterocycles. The van der Waals surface area contributed by atoms with Gasteiger partial charge in [-0.25, -0.2) is 0 Å². The quantitative estimate of drug-likeness (QED) is 0.823. The van der Waals surface area contributed by atoms with Gasteiger partial charge in [0, 0.05) is 16.2 Å². The van der Waals surface area contributed by atoms with E-state index in [1.165, 1.54) is 6.42 Å². The second-order valence-electron chi connectivity index (χ2n) is 4.72. The highest BCUT2D eigenvalue weighted by Gasteiger charge is 2.27. The maximum Gasteiger partial charge on any atom is 0.257 e. The number of carbonyl (C=O) groups is 1. The molecule has 0 spiro atoms. The fraction of sp³-hybridized carbons (Fsp3) is 0.500. The molecule has 1 unspecified atom stereocenters. The Morgan fingerprint density at radius 1 is 1.50 bits per heavy atom. The minimum Gasteiger partial charge on any atom is -0.507 e. The minimum atomic E-state index is -0.0300. The van der Waals surface area contributed by atoms with E-state index >= 15 is 0 Å². The highest BCUT2D eigenvalue weighted by Crippen LogP contribution is 2.26. The van der Waals surface area contributed by atoms with Crippen LogP contribution >= 0.6 is 22.6 Å². The van der Waals surface area contributed by atoms with Gasteiger partial charge < -0.3 is 10.0 Å². The molecule has 1 atom stereocenters. The first kappa shape index (κ1) is 13.6. The van der Waals surface area contributed by atoms with Crippen molar-refractivity contribution in [3.63, 3.8) is 0 Å². The van der Waals surface area contributed by atoms with E-state index < -0.39 is 0 Å². The van der Waals surface area contributed by atoms with E-state index in [4.69, 9.17) is 0 Å². The van der Waals surface area contributed by atoms with Crippen LogP contribution in [0.4, 0.5) is 0 Å². The lowest BCUT2D eigenvalue weighted by Gasteiger charge is -2.35. The van der Waals surface area contributed by atoms with Gasteiger partial charge >= 0.3 is 0 Å². The van der Waals surface area contributed by atoms with Crippen LogP contribution in [0.15, 0.2) is 18.2 Å². The topological polar surface area (TPSA) is 40.5 Å². The zero-order chi connectivity index (χ0) is 13.1. The van der Waals surface area contributed by atoms with Crippen molar-refractivity contribution < 1.29 is 9.90 Å². The van der Waals surface area contributed by atoms with Crippen molar-refractivity contribution >= 4 is 28.5 Å². The van der Waals surface area contributed by atoms with Gasteiger partial charge in [-0.3, -0.25) is 4.79 Å². The van der Waals surface area contributed by atoms with Crippen LogP contribution in [-0.2, 0) is 0 Å². The number of hydrogen-bond acceptors (Lipinski definition) is 2. The predicted octanol–water partition coefficient (Wildman–Crippen LogP) is 3.40. The summed E-state index contributed by atoms with van der Waals surface area (Å²) in [7, 11) is 0. The maximum absolute atomic E-state index is 12.5. The molecule has 3 nitrogen and oxygen atoms in total. The summed E-state index contributed by atoms with van der Waals surface area (Å²) in [5, 5.41) is 9.84. The lowest BCUT2D eigenvalue weighted by Crippen LogP contribution is -2.43. The molecule has 0 aliphatic carbocycles. The Hall–Kier alpha value is -0.780. The Labute approximate surface area is 121 Å². The summed E-state index contributed by atoms with van der Waals surface area (Å²) in [6.07, 6.45) is 4.32. The predicted molar refractivity (Wildman–Crippen MR) is 79.8 cm³/mol. The second kappa shape index (κ2) is 5.91. The third kappa shape index (κ3) is 2.79. The molecule has 2 rings (SSSR count). The number of phenols is 1. The Morgan fingerprint density at radius 3 is 3.00 bits per heavy atom. The molecule has 1 saturated heterocycles. The van der Waals surface area contributed by atoms with Crippen molar-refractivity contribution in [2.24, 2.45) is 0 Å². The second-order valence-corrected chi connectivity index (χ2v) is 5.96. The molecule has 1 aromatic rings. The number of amides is 1. The smallest absolute Gasteiger partial charge is 0.257 e. The number of piperidine rings is 1. The van der Waals surface area contributed by atoms with Crippen molar-refractivity contribution in [2.45, 2.75) is 38.6 Å². The lowest BCUT2D eigenvalue weighted by atomic mass is 9.98. The zero-order valence-electron chi connectivity index (χ0n) is 10.5. The number of carbonyl (C=O) groups excluding carboxylic acids is 1. The molecular formula is C14H18INO2. The normalized spacial score (nSPS) is 19.9. The third-order valence-corrected chi connectivity index (χ3v) is 4.22. The molecule has 18 heavy (non-hydrogen) atoms. The molecule has 1 aromatic carbocycles. The number of hydrogen-bond donors (Lipinski definition) is 1. The standard InChI is InChI=1S/C14H18INO2/c1-2-11-5-3-4-8-16(11)14(18)12-9-10(15)6-7-13(12)17/h6-7,9,11,17H,2-5,8H2,1H3. The molecule has 98 valence electrons. The fourth-order valence-electron chi connectivity index (χ4n) is 2.53. The van der Waals surface area contributed by atoms with Gasteiger partial charge in [0.1, 0.15) is 5.75 Å². The SMILES string of the molecule is CCC1CCCCN1C(=O)c1cc(I)ccc1O. The summed E-state index contributed by atoms with van der Waals surface area (Å²) in [6, 6.07) is 5.49. The van der Waals surface area contributed by atoms with Gasteiger partial charge in [0.25, 0.3) is 5.91 Å². The van der Waals surface area contributed by atoms with Gasteiger partial charge in [0.15, 0.2) is 0 Å². The summed E-state index contributed by atoms with van der Waals surface area (Å²) >= 11 is 2.16.